The van der Waals surface area contributed by atoms with Crippen molar-refractivity contribution in [2.45, 2.75) is 46.1 Å². The van der Waals surface area contributed by atoms with Crippen molar-refractivity contribution in [1.29, 1.82) is 0 Å². The van der Waals surface area contributed by atoms with Crippen LogP contribution >= 0.6 is 15.9 Å². The predicted molar refractivity (Wildman–Crippen MR) is 84.6 cm³/mol. The Hall–Kier alpha value is -0.540. The van der Waals surface area contributed by atoms with Crippen molar-refractivity contribution in [2.75, 3.05) is 18.0 Å². The third-order valence-corrected chi connectivity index (χ3v) is 5.25. The zero-order valence-electron chi connectivity index (χ0n) is 12.1. The third-order valence-electron chi connectivity index (χ3n) is 4.62. The van der Waals surface area contributed by atoms with E-state index in [0.717, 1.165) is 23.1 Å². The first-order chi connectivity index (χ1) is 8.95. The first-order valence-electron chi connectivity index (χ1n) is 7.18. The van der Waals surface area contributed by atoms with Crippen LogP contribution in [0.25, 0.3) is 0 Å². The van der Waals surface area contributed by atoms with Crippen molar-refractivity contribution in [1.82, 2.24) is 0 Å². The highest BCUT2D eigenvalue weighted by Gasteiger charge is 2.28. The lowest BCUT2D eigenvalue weighted by Crippen LogP contribution is -2.38. The maximum Gasteiger partial charge on any atom is 0.0762 e. The molecule has 1 heterocycles. The summed E-state index contributed by atoms with van der Waals surface area (Å²) in [5, 5.41) is 9.62. The van der Waals surface area contributed by atoms with Gasteiger partial charge in [0.15, 0.2) is 0 Å². The fourth-order valence-corrected chi connectivity index (χ4v) is 3.33. The maximum atomic E-state index is 9.62. The molecule has 19 heavy (non-hydrogen) atoms. The zero-order valence-corrected chi connectivity index (χ0v) is 13.7. The number of aliphatic hydroxyl groups excluding tert-OH is 1. The molecule has 0 bridgehead atoms. The summed E-state index contributed by atoms with van der Waals surface area (Å²) in [4.78, 5) is 2.45. The highest BCUT2D eigenvalue weighted by molar-refractivity contribution is 9.10. The standard InChI is InChI=1S/C16H24BrNO/c1-4-16(3)7-9-18(10-8-16)15-6-5-13(12(2)19)11-14(15)17/h5-6,11-12,19H,4,7-10H2,1-3H3/t12-/m1/s1. The maximum absolute atomic E-state index is 9.62. The van der Waals surface area contributed by atoms with Crippen LogP contribution in [0.1, 0.15) is 51.7 Å². The number of benzene rings is 1. The van der Waals surface area contributed by atoms with E-state index in [9.17, 15) is 5.11 Å². The third kappa shape index (κ3) is 3.32. The highest BCUT2D eigenvalue weighted by atomic mass is 79.9. The van der Waals surface area contributed by atoms with E-state index in [2.05, 4.69) is 40.7 Å². The van der Waals surface area contributed by atoms with Gasteiger partial charge in [-0.15, -0.1) is 0 Å². The van der Waals surface area contributed by atoms with E-state index < -0.39 is 6.10 Å². The Morgan fingerprint density at radius 1 is 1.37 bits per heavy atom. The summed E-state index contributed by atoms with van der Waals surface area (Å²) in [5.74, 6) is 0. The lowest BCUT2D eigenvalue weighted by atomic mass is 9.78. The minimum atomic E-state index is -0.407. The molecule has 0 amide bonds. The number of piperidine rings is 1. The SMILES string of the molecule is CCC1(C)CCN(c2ccc([C@@H](C)O)cc2Br)CC1. The molecule has 2 rings (SSSR count). The first kappa shape index (κ1) is 14.9. The van der Waals surface area contributed by atoms with Crippen LogP contribution in [0.15, 0.2) is 22.7 Å². The number of halogens is 1. The van der Waals surface area contributed by atoms with E-state index in [1.165, 1.54) is 24.9 Å². The molecule has 1 saturated heterocycles. The number of nitrogens with zero attached hydrogens (tertiary/aromatic N) is 1. The second-order valence-electron chi connectivity index (χ2n) is 6.04. The summed E-state index contributed by atoms with van der Waals surface area (Å²) in [6, 6.07) is 6.19. The van der Waals surface area contributed by atoms with Gasteiger partial charge in [-0.3, -0.25) is 0 Å². The van der Waals surface area contributed by atoms with Gasteiger partial charge in [-0.1, -0.05) is 26.3 Å². The molecule has 0 spiro atoms. The van der Waals surface area contributed by atoms with E-state index >= 15 is 0 Å². The molecule has 1 fully saturated rings. The topological polar surface area (TPSA) is 23.5 Å². The normalized spacial score (nSPS) is 20.4. The largest absolute Gasteiger partial charge is 0.389 e. The summed E-state index contributed by atoms with van der Waals surface area (Å²) < 4.78 is 1.09. The van der Waals surface area contributed by atoms with Crippen molar-refractivity contribution in [3.8, 4) is 0 Å². The molecule has 1 aromatic rings. The van der Waals surface area contributed by atoms with Crippen molar-refractivity contribution in [3.05, 3.63) is 28.2 Å². The Bertz CT molecular complexity index is 436. The van der Waals surface area contributed by atoms with Crippen LogP contribution in [-0.2, 0) is 0 Å². The van der Waals surface area contributed by atoms with Gasteiger partial charge in [0, 0.05) is 17.6 Å². The molecule has 1 atom stereocenters. The van der Waals surface area contributed by atoms with Gasteiger partial charge >= 0.3 is 0 Å². The van der Waals surface area contributed by atoms with Crippen molar-refractivity contribution >= 4 is 21.6 Å². The van der Waals surface area contributed by atoms with Gasteiger partial charge in [0.25, 0.3) is 0 Å². The van der Waals surface area contributed by atoms with Gasteiger partial charge in [0.2, 0.25) is 0 Å². The van der Waals surface area contributed by atoms with Crippen LogP contribution in [0.4, 0.5) is 5.69 Å². The van der Waals surface area contributed by atoms with Gasteiger partial charge < -0.3 is 10.0 Å². The second-order valence-corrected chi connectivity index (χ2v) is 6.89. The fourth-order valence-electron chi connectivity index (χ4n) is 2.68. The molecule has 106 valence electrons. The number of rotatable bonds is 3. The van der Waals surface area contributed by atoms with E-state index in [0.29, 0.717) is 5.41 Å². The molecular formula is C16H24BrNO. The Morgan fingerprint density at radius 2 is 2.00 bits per heavy atom. The minimum Gasteiger partial charge on any atom is -0.389 e. The summed E-state index contributed by atoms with van der Waals surface area (Å²) in [6.07, 6.45) is 3.38. The first-order valence-corrected chi connectivity index (χ1v) is 7.97. The molecule has 0 unspecified atom stereocenters. The van der Waals surface area contributed by atoms with Crippen LogP contribution in [0.2, 0.25) is 0 Å². The van der Waals surface area contributed by atoms with Gasteiger partial charge in [0.05, 0.1) is 11.8 Å². The number of anilines is 1. The molecule has 1 aromatic carbocycles. The Kier molecular flexibility index (Phi) is 4.57. The Morgan fingerprint density at radius 3 is 2.47 bits per heavy atom. The number of hydrogen-bond acceptors (Lipinski definition) is 2. The van der Waals surface area contributed by atoms with Gasteiger partial charge in [-0.2, -0.15) is 0 Å². The highest BCUT2D eigenvalue weighted by Crippen LogP contribution is 2.38. The van der Waals surface area contributed by atoms with Crippen LogP contribution in [-0.4, -0.2) is 18.2 Å². The second kappa shape index (κ2) is 5.84. The molecule has 2 nitrogen and oxygen atoms in total. The van der Waals surface area contributed by atoms with E-state index in [1.54, 1.807) is 6.92 Å². The number of aliphatic hydroxyl groups is 1. The van der Waals surface area contributed by atoms with Crippen LogP contribution in [0.5, 0.6) is 0 Å². The van der Waals surface area contributed by atoms with Gasteiger partial charge in [-0.25, -0.2) is 0 Å². The predicted octanol–water partition coefficient (Wildman–Crippen LogP) is 4.52. The molecule has 1 aliphatic heterocycles. The zero-order chi connectivity index (χ0) is 14.0. The average molecular weight is 326 g/mol. The van der Waals surface area contributed by atoms with Gasteiger partial charge in [0.1, 0.15) is 0 Å². The molecule has 0 aromatic heterocycles. The smallest absolute Gasteiger partial charge is 0.0762 e. The van der Waals surface area contributed by atoms with Crippen molar-refractivity contribution in [2.24, 2.45) is 5.41 Å². The van der Waals surface area contributed by atoms with Gasteiger partial charge in [-0.05, 0) is 58.8 Å². The monoisotopic (exact) mass is 325 g/mol. The average Bonchev–Trinajstić information content (AvgIpc) is 2.40. The summed E-state index contributed by atoms with van der Waals surface area (Å²) >= 11 is 3.64. The Labute approximate surface area is 124 Å². The molecule has 1 aliphatic rings. The van der Waals surface area contributed by atoms with Crippen LogP contribution in [0.3, 0.4) is 0 Å². The van der Waals surface area contributed by atoms with Crippen molar-refractivity contribution in [3.63, 3.8) is 0 Å². The quantitative estimate of drug-likeness (QED) is 0.883. The van der Waals surface area contributed by atoms with Crippen LogP contribution in [0, 0.1) is 5.41 Å². The van der Waals surface area contributed by atoms with Crippen molar-refractivity contribution < 1.29 is 5.11 Å². The minimum absolute atomic E-state index is 0.407. The van der Waals surface area contributed by atoms with E-state index in [1.807, 2.05) is 12.1 Å². The molecule has 0 saturated carbocycles. The lowest BCUT2D eigenvalue weighted by Gasteiger charge is -2.40. The van der Waals surface area contributed by atoms with Crippen LogP contribution < -0.4 is 4.90 Å². The molecular weight excluding hydrogens is 302 g/mol. The lowest BCUT2D eigenvalue weighted by molar-refractivity contribution is 0.199. The number of hydrogen-bond donors (Lipinski definition) is 1. The molecule has 1 N–H and O–H groups in total. The summed E-state index contributed by atoms with van der Waals surface area (Å²) in [5.41, 5.74) is 2.73. The van der Waals surface area contributed by atoms with E-state index in [4.69, 9.17) is 0 Å². The summed E-state index contributed by atoms with van der Waals surface area (Å²) in [7, 11) is 0. The fraction of sp³-hybridized carbons (Fsp3) is 0.625. The molecule has 0 radical (unpaired) electrons. The molecule has 0 aliphatic carbocycles. The molecule has 3 heteroatoms. The Balaban J connectivity index is 2.12. The summed E-state index contributed by atoms with van der Waals surface area (Å²) in [6.45, 7) is 8.74. The van der Waals surface area contributed by atoms with E-state index in [-0.39, 0.29) is 0 Å².